The Morgan fingerprint density at radius 1 is 0.750 bits per heavy atom. The van der Waals surface area contributed by atoms with Gasteiger partial charge in [-0.05, 0) is 12.8 Å². The fourth-order valence-corrected chi connectivity index (χ4v) is 0.667. The van der Waals surface area contributed by atoms with Crippen molar-refractivity contribution in [3.63, 3.8) is 0 Å². The van der Waals surface area contributed by atoms with Crippen molar-refractivity contribution in [3.05, 3.63) is 0 Å². The van der Waals surface area contributed by atoms with Gasteiger partial charge in [-0.3, -0.25) is 0 Å². The highest BCUT2D eigenvalue weighted by Crippen LogP contribution is 1.83. The molecule has 0 aliphatic rings. The lowest BCUT2D eigenvalue weighted by Gasteiger charge is -1.97. The summed E-state index contributed by atoms with van der Waals surface area (Å²) in [4.78, 5) is 0. The first-order chi connectivity index (χ1) is 5.54. The molecule has 0 aromatic heterocycles. The van der Waals surface area contributed by atoms with Gasteiger partial charge < -0.3 is 22.9 Å². The summed E-state index contributed by atoms with van der Waals surface area (Å²) < 4.78 is 0. The van der Waals surface area contributed by atoms with Gasteiger partial charge in [0, 0.05) is 0 Å². The van der Waals surface area contributed by atoms with Crippen molar-refractivity contribution in [1.82, 2.24) is 0 Å². The number of hydrogen-bond acceptors (Lipinski definition) is 4. The van der Waals surface area contributed by atoms with Crippen LogP contribution in [0.3, 0.4) is 0 Å². The molecule has 8 N–H and O–H groups in total. The average molecular weight is 176 g/mol. The van der Waals surface area contributed by atoms with Crippen LogP contribution >= 0.6 is 0 Å². The highest BCUT2D eigenvalue weighted by molar-refractivity contribution is 4.46. The molecule has 0 radical (unpaired) electrons. The molecular weight excluding hydrogens is 152 g/mol. The van der Waals surface area contributed by atoms with Crippen molar-refractivity contribution in [3.8, 4) is 0 Å². The van der Waals surface area contributed by atoms with Crippen LogP contribution in [0.2, 0.25) is 0 Å². The van der Waals surface area contributed by atoms with E-state index in [4.69, 9.17) is 22.9 Å². The Morgan fingerprint density at radius 3 is 1.00 bits per heavy atom. The fraction of sp³-hybridized carbons (Fsp3) is 1.00. The van der Waals surface area contributed by atoms with Crippen molar-refractivity contribution in [2.45, 2.75) is 51.9 Å². The molecule has 0 bridgehead atoms. The quantitative estimate of drug-likeness (QED) is 0.455. The van der Waals surface area contributed by atoms with Gasteiger partial charge in [0.25, 0.3) is 0 Å². The molecule has 0 saturated carbocycles. The largest absolute Gasteiger partial charge is 0.316 e. The minimum absolute atomic E-state index is 0.102. The minimum atomic E-state index is -0.102. The van der Waals surface area contributed by atoms with Crippen LogP contribution in [0.1, 0.15) is 39.5 Å². The van der Waals surface area contributed by atoms with Crippen molar-refractivity contribution in [2.24, 2.45) is 22.9 Å². The topological polar surface area (TPSA) is 104 Å². The SMILES string of the molecule is CCCC(N)N.CCCC(N)N. The molecule has 0 aliphatic carbocycles. The first kappa shape index (κ1) is 14.4. The number of nitrogens with two attached hydrogens (primary N) is 4. The molecule has 0 rings (SSSR count). The van der Waals surface area contributed by atoms with Crippen LogP contribution in [0.15, 0.2) is 0 Å². The Morgan fingerprint density at radius 2 is 1.00 bits per heavy atom. The van der Waals surface area contributed by atoms with Gasteiger partial charge in [-0.25, -0.2) is 0 Å². The molecule has 0 fully saturated rings. The van der Waals surface area contributed by atoms with Crippen molar-refractivity contribution < 1.29 is 0 Å². The van der Waals surface area contributed by atoms with E-state index in [0.717, 1.165) is 25.7 Å². The molecule has 0 saturated heterocycles. The summed E-state index contributed by atoms with van der Waals surface area (Å²) in [5.41, 5.74) is 20.7. The van der Waals surface area contributed by atoms with Crippen molar-refractivity contribution >= 4 is 0 Å². The lowest BCUT2D eigenvalue weighted by molar-refractivity contribution is 0.627. The van der Waals surface area contributed by atoms with Gasteiger partial charge >= 0.3 is 0 Å². The highest BCUT2D eigenvalue weighted by atomic mass is 14.8. The van der Waals surface area contributed by atoms with E-state index in [1.165, 1.54) is 0 Å². The lowest BCUT2D eigenvalue weighted by Crippen LogP contribution is -2.29. The molecule has 0 aromatic rings. The fourth-order valence-electron chi connectivity index (χ4n) is 0.667. The van der Waals surface area contributed by atoms with Gasteiger partial charge in [0.05, 0.1) is 12.3 Å². The zero-order valence-electron chi connectivity index (χ0n) is 8.29. The molecule has 0 heterocycles. The molecule has 0 aliphatic heterocycles. The Labute approximate surface area is 75.7 Å². The molecule has 0 atom stereocenters. The second-order valence-corrected chi connectivity index (χ2v) is 2.91. The van der Waals surface area contributed by atoms with Crippen LogP contribution in [0.25, 0.3) is 0 Å². The predicted octanol–water partition coefficient (Wildman–Crippen LogP) is 0.0600. The minimum Gasteiger partial charge on any atom is -0.316 e. The maximum Gasteiger partial charge on any atom is 0.0520 e. The van der Waals surface area contributed by atoms with Crippen molar-refractivity contribution in [2.75, 3.05) is 0 Å². The van der Waals surface area contributed by atoms with Gasteiger partial charge in [-0.1, -0.05) is 26.7 Å². The van der Waals surface area contributed by atoms with Crippen LogP contribution < -0.4 is 22.9 Å². The summed E-state index contributed by atoms with van der Waals surface area (Å²) in [7, 11) is 0. The van der Waals surface area contributed by atoms with E-state index in [0.29, 0.717) is 0 Å². The maximum atomic E-state index is 5.18. The lowest BCUT2D eigenvalue weighted by atomic mass is 10.3. The summed E-state index contributed by atoms with van der Waals surface area (Å²) in [6.07, 6.45) is 3.82. The average Bonchev–Trinajstić information content (AvgIpc) is 1.87. The van der Waals surface area contributed by atoms with Crippen LogP contribution in [0, 0.1) is 0 Å². The third-order valence-electron chi connectivity index (χ3n) is 1.24. The summed E-state index contributed by atoms with van der Waals surface area (Å²) in [6, 6.07) is 0. The Balaban J connectivity index is 0. The monoisotopic (exact) mass is 176 g/mol. The van der Waals surface area contributed by atoms with Gasteiger partial charge in [-0.15, -0.1) is 0 Å². The predicted molar refractivity (Wildman–Crippen MR) is 54.1 cm³/mol. The third kappa shape index (κ3) is 22.5. The Bertz CT molecular complexity index is 63.5. The normalized spacial score (nSPS) is 10.0. The van der Waals surface area contributed by atoms with E-state index in [2.05, 4.69) is 13.8 Å². The van der Waals surface area contributed by atoms with Crippen LogP contribution in [0.4, 0.5) is 0 Å². The van der Waals surface area contributed by atoms with E-state index in [1.54, 1.807) is 0 Å². The molecule has 0 unspecified atom stereocenters. The first-order valence-electron chi connectivity index (χ1n) is 4.56. The smallest absolute Gasteiger partial charge is 0.0520 e. The first-order valence-corrected chi connectivity index (χ1v) is 4.56. The Hall–Kier alpha value is -0.160. The highest BCUT2D eigenvalue weighted by Gasteiger charge is 1.86. The van der Waals surface area contributed by atoms with Crippen LogP contribution in [-0.2, 0) is 0 Å². The summed E-state index contributed by atoms with van der Waals surface area (Å²) >= 11 is 0. The summed E-state index contributed by atoms with van der Waals surface area (Å²) in [5, 5.41) is 0. The van der Waals surface area contributed by atoms with Crippen LogP contribution in [-0.4, -0.2) is 12.3 Å². The zero-order chi connectivity index (χ0) is 9.98. The van der Waals surface area contributed by atoms with E-state index < -0.39 is 0 Å². The molecular formula is C8H24N4. The third-order valence-corrected chi connectivity index (χ3v) is 1.24. The molecule has 4 nitrogen and oxygen atoms in total. The number of rotatable bonds is 4. The van der Waals surface area contributed by atoms with E-state index in [9.17, 15) is 0 Å². The molecule has 0 amide bonds. The summed E-state index contributed by atoms with van der Waals surface area (Å²) in [5.74, 6) is 0. The standard InChI is InChI=1S/2C4H12N2/c2*1-2-3-4(5)6/h2*4H,2-3,5-6H2,1H3. The molecule has 12 heavy (non-hydrogen) atoms. The zero-order valence-corrected chi connectivity index (χ0v) is 8.29. The number of hydrogen-bond donors (Lipinski definition) is 4. The van der Waals surface area contributed by atoms with Crippen molar-refractivity contribution in [1.29, 1.82) is 0 Å². The van der Waals surface area contributed by atoms with Crippen LogP contribution in [0.5, 0.6) is 0 Å². The van der Waals surface area contributed by atoms with Gasteiger partial charge in [0.1, 0.15) is 0 Å². The van der Waals surface area contributed by atoms with Gasteiger partial charge in [-0.2, -0.15) is 0 Å². The maximum absolute atomic E-state index is 5.18. The molecule has 76 valence electrons. The summed E-state index contributed by atoms with van der Waals surface area (Å²) in [6.45, 7) is 4.12. The van der Waals surface area contributed by atoms with E-state index in [-0.39, 0.29) is 12.3 Å². The second-order valence-electron chi connectivity index (χ2n) is 2.91. The van der Waals surface area contributed by atoms with E-state index >= 15 is 0 Å². The Kier molecular flexibility index (Phi) is 13.0. The van der Waals surface area contributed by atoms with Gasteiger partial charge in [0.15, 0.2) is 0 Å². The van der Waals surface area contributed by atoms with E-state index in [1.807, 2.05) is 0 Å². The molecule has 0 aromatic carbocycles. The second kappa shape index (κ2) is 10.8. The van der Waals surface area contributed by atoms with Gasteiger partial charge in [0.2, 0.25) is 0 Å². The molecule has 4 heteroatoms. The molecule has 0 spiro atoms.